The third kappa shape index (κ3) is 5.05. The molecule has 1 aromatic carbocycles. The molecule has 1 saturated carbocycles. The van der Waals surface area contributed by atoms with Gasteiger partial charge in [0.15, 0.2) is 0 Å². The number of hydrogen-bond acceptors (Lipinski definition) is 4. The van der Waals surface area contributed by atoms with Gasteiger partial charge in [0.05, 0.1) is 6.10 Å². The summed E-state index contributed by atoms with van der Waals surface area (Å²) in [7, 11) is 0. The zero-order valence-electron chi connectivity index (χ0n) is 11.5. The molecular weight excluding hydrogens is 322 g/mol. The molecule has 20 heavy (non-hydrogen) atoms. The Morgan fingerprint density at radius 1 is 1.40 bits per heavy atom. The summed E-state index contributed by atoms with van der Waals surface area (Å²) >= 11 is 3.38. The van der Waals surface area contributed by atoms with E-state index in [4.69, 9.17) is 4.74 Å². The third-order valence-corrected chi connectivity index (χ3v) is 4.14. The van der Waals surface area contributed by atoms with Crippen molar-refractivity contribution in [2.75, 3.05) is 19.7 Å². The predicted octanol–water partition coefficient (Wildman–Crippen LogP) is 1.94. The van der Waals surface area contributed by atoms with Gasteiger partial charge in [-0.25, -0.2) is 0 Å². The van der Waals surface area contributed by atoms with Crippen molar-refractivity contribution in [2.24, 2.45) is 5.92 Å². The Hall–Kier alpha value is -0.620. The summed E-state index contributed by atoms with van der Waals surface area (Å²) < 4.78 is 6.48. The lowest BCUT2D eigenvalue weighted by Gasteiger charge is -2.17. The lowest BCUT2D eigenvalue weighted by molar-refractivity contribution is 0.0981. The number of ether oxygens (including phenoxy) is 1. The molecule has 1 aromatic rings. The van der Waals surface area contributed by atoms with Gasteiger partial charge >= 0.3 is 0 Å². The fourth-order valence-corrected chi connectivity index (χ4v) is 2.88. The molecule has 0 heterocycles. The zero-order valence-corrected chi connectivity index (χ0v) is 13.1. The van der Waals surface area contributed by atoms with Crippen LogP contribution in [0.2, 0.25) is 0 Å². The Morgan fingerprint density at radius 3 is 2.95 bits per heavy atom. The number of aliphatic hydroxyl groups excluding tert-OH is 2. The molecule has 112 valence electrons. The van der Waals surface area contributed by atoms with Gasteiger partial charge in [0.25, 0.3) is 0 Å². The van der Waals surface area contributed by atoms with E-state index in [9.17, 15) is 10.2 Å². The monoisotopic (exact) mass is 343 g/mol. The number of nitrogens with one attached hydrogen (secondary N) is 1. The van der Waals surface area contributed by atoms with Crippen LogP contribution in [0.5, 0.6) is 5.75 Å². The summed E-state index contributed by atoms with van der Waals surface area (Å²) in [6.45, 7) is 1.50. The molecule has 0 spiro atoms. The quantitative estimate of drug-likeness (QED) is 0.708. The number of benzene rings is 1. The standard InChI is InChI=1S/C15H22BrNO3/c16-12-4-2-5-14(7-12)20-10-13(18)9-17-8-11-3-1-6-15(11)19/h2,4-5,7,11,13,15,17-19H,1,3,6,8-10H2. The second kappa shape index (κ2) is 7.98. The average molecular weight is 344 g/mol. The van der Waals surface area contributed by atoms with Gasteiger partial charge in [0, 0.05) is 17.6 Å². The van der Waals surface area contributed by atoms with E-state index >= 15 is 0 Å². The Balaban J connectivity index is 1.61. The topological polar surface area (TPSA) is 61.7 Å². The fourth-order valence-electron chi connectivity index (χ4n) is 2.50. The maximum atomic E-state index is 9.86. The molecule has 0 amide bonds. The van der Waals surface area contributed by atoms with E-state index in [1.807, 2.05) is 24.3 Å². The molecule has 1 fully saturated rings. The van der Waals surface area contributed by atoms with Crippen LogP contribution in [0.25, 0.3) is 0 Å². The average Bonchev–Trinajstić information content (AvgIpc) is 2.82. The van der Waals surface area contributed by atoms with E-state index < -0.39 is 6.10 Å². The Kier molecular flexibility index (Phi) is 6.29. The van der Waals surface area contributed by atoms with Crippen LogP contribution in [0, 0.1) is 5.92 Å². The highest BCUT2D eigenvalue weighted by Crippen LogP contribution is 2.24. The summed E-state index contributed by atoms with van der Waals surface area (Å²) in [5.74, 6) is 1.07. The smallest absolute Gasteiger partial charge is 0.120 e. The highest BCUT2D eigenvalue weighted by molar-refractivity contribution is 9.10. The maximum Gasteiger partial charge on any atom is 0.120 e. The van der Waals surface area contributed by atoms with Gasteiger partial charge in [0.1, 0.15) is 18.5 Å². The molecule has 0 aromatic heterocycles. The second-order valence-corrected chi connectivity index (χ2v) is 6.25. The minimum absolute atomic E-state index is 0.183. The summed E-state index contributed by atoms with van der Waals surface area (Å²) in [4.78, 5) is 0. The number of rotatable bonds is 7. The highest BCUT2D eigenvalue weighted by atomic mass is 79.9. The lowest BCUT2D eigenvalue weighted by atomic mass is 10.1. The van der Waals surface area contributed by atoms with E-state index in [0.717, 1.165) is 36.0 Å². The predicted molar refractivity (Wildman–Crippen MR) is 81.9 cm³/mol. The largest absolute Gasteiger partial charge is 0.491 e. The molecule has 3 atom stereocenters. The SMILES string of the molecule is OC(CNCC1CCCC1O)COc1cccc(Br)c1. The van der Waals surface area contributed by atoms with Gasteiger partial charge in [-0.05, 0) is 37.0 Å². The van der Waals surface area contributed by atoms with Crippen LogP contribution in [0.15, 0.2) is 28.7 Å². The van der Waals surface area contributed by atoms with E-state index in [-0.39, 0.29) is 12.7 Å². The molecule has 5 heteroatoms. The van der Waals surface area contributed by atoms with Gasteiger partial charge in [-0.3, -0.25) is 0 Å². The van der Waals surface area contributed by atoms with Crippen LogP contribution in [0.4, 0.5) is 0 Å². The van der Waals surface area contributed by atoms with Crippen LogP contribution in [-0.2, 0) is 0 Å². The molecule has 0 radical (unpaired) electrons. The molecule has 1 aliphatic rings. The van der Waals surface area contributed by atoms with Crippen molar-refractivity contribution >= 4 is 15.9 Å². The van der Waals surface area contributed by atoms with Crippen LogP contribution in [0.3, 0.4) is 0 Å². The van der Waals surface area contributed by atoms with Gasteiger partial charge in [-0.1, -0.05) is 28.4 Å². The molecule has 4 nitrogen and oxygen atoms in total. The lowest BCUT2D eigenvalue weighted by Crippen LogP contribution is -2.35. The Labute approximate surface area is 128 Å². The van der Waals surface area contributed by atoms with Crippen LogP contribution < -0.4 is 10.1 Å². The van der Waals surface area contributed by atoms with Gasteiger partial charge in [-0.15, -0.1) is 0 Å². The van der Waals surface area contributed by atoms with Crippen molar-refractivity contribution in [1.82, 2.24) is 5.32 Å². The number of hydrogen-bond donors (Lipinski definition) is 3. The van der Waals surface area contributed by atoms with Crippen molar-refractivity contribution in [3.63, 3.8) is 0 Å². The molecule has 3 unspecified atom stereocenters. The van der Waals surface area contributed by atoms with E-state index in [1.54, 1.807) is 0 Å². The summed E-state index contributed by atoms with van der Waals surface area (Å²) in [6.07, 6.45) is 2.34. The third-order valence-electron chi connectivity index (χ3n) is 3.64. The van der Waals surface area contributed by atoms with Crippen LogP contribution >= 0.6 is 15.9 Å². The van der Waals surface area contributed by atoms with Crippen molar-refractivity contribution in [3.8, 4) is 5.75 Å². The molecule has 0 bridgehead atoms. The fraction of sp³-hybridized carbons (Fsp3) is 0.600. The van der Waals surface area contributed by atoms with Gasteiger partial charge < -0.3 is 20.3 Å². The number of halogens is 1. The Morgan fingerprint density at radius 2 is 2.25 bits per heavy atom. The molecule has 0 saturated heterocycles. The first-order chi connectivity index (χ1) is 9.65. The minimum atomic E-state index is -0.549. The second-order valence-electron chi connectivity index (χ2n) is 5.34. The molecule has 3 N–H and O–H groups in total. The van der Waals surface area contributed by atoms with Crippen molar-refractivity contribution in [1.29, 1.82) is 0 Å². The van der Waals surface area contributed by atoms with Crippen molar-refractivity contribution < 1.29 is 14.9 Å². The minimum Gasteiger partial charge on any atom is -0.491 e. The molecule has 1 aliphatic carbocycles. The number of aliphatic hydroxyl groups is 2. The van der Waals surface area contributed by atoms with Crippen molar-refractivity contribution in [2.45, 2.75) is 31.5 Å². The summed E-state index contributed by atoms with van der Waals surface area (Å²) in [6, 6.07) is 7.55. The summed E-state index contributed by atoms with van der Waals surface area (Å²) in [5, 5.41) is 22.8. The molecular formula is C15H22BrNO3. The van der Waals surface area contributed by atoms with E-state index in [0.29, 0.717) is 12.5 Å². The first-order valence-electron chi connectivity index (χ1n) is 7.10. The van der Waals surface area contributed by atoms with E-state index in [1.165, 1.54) is 0 Å². The Bertz CT molecular complexity index is 416. The maximum absolute atomic E-state index is 9.86. The first kappa shape index (κ1) is 15.8. The normalized spacial score (nSPS) is 23.8. The zero-order chi connectivity index (χ0) is 14.4. The van der Waals surface area contributed by atoms with Gasteiger partial charge in [-0.2, -0.15) is 0 Å². The first-order valence-corrected chi connectivity index (χ1v) is 7.89. The van der Waals surface area contributed by atoms with Gasteiger partial charge in [0.2, 0.25) is 0 Å². The van der Waals surface area contributed by atoms with E-state index in [2.05, 4.69) is 21.2 Å². The van der Waals surface area contributed by atoms with Crippen molar-refractivity contribution in [3.05, 3.63) is 28.7 Å². The van der Waals surface area contributed by atoms with Crippen LogP contribution in [0.1, 0.15) is 19.3 Å². The molecule has 0 aliphatic heterocycles. The molecule has 2 rings (SSSR count). The van der Waals surface area contributed by atoms with Crippen LogP contribution in [-0.4, -0.2) is 42.1 Å². The summed E-state index contributed by atoms with van der Waals surface area (Å²) in [5.41, 5.74) is 0. The highest BCUT2D eigenvalue weighted by Gasteiger charge is 2.24.